The van der Waals surface area contributed by atoms with E-state index in [4.69, 9.17) is 0 Å². The molecule has 0 saturated heterocycles. The number of benzene rings is 1. The van der Waals surface area contributed by atoms with Crippen LogP contribution in [-0.4, -0.2) is 7.05 Å². The molecule has 0 aliphatic carbocycles. The first-order valence-electron chi connectivity index (χ1n) is 8.81. The maximum absolute atomic E-state index is 3.73. The molecule has 1 aromatic carbocycles. The van der Waals surface area contributed by atoms with E-state index in [1.807, 2.05) is 19.2 Å². The van der Waals surface area contributed by atoms with E-state index in [2.05, 4.69) is 69.1 Å². The van der Waals surface area contributed by atoms with Crippen LogP contribution in [0, 0.1) is 5.92 Å². The maximum Gasteiger partial charge on any atom is 0.0289 e. The van der Waals surface area contributed by atoms with E-state index in [-0.39, 0.29) is 0 Å². The zero-order valence-corrected chi connectivity index (χ0v) is 15.3. The monoisotopic (exact) mass is 311 g/mol. The molecule has 0 fully saturated rings. The number of nitrogens with one attached hydrogen (secondary N) is 1. The highest BCUT2D eigenvalue weighted by atomic mass is 14.8. The third kappa shape index (κ3) is 7.47. The van der Waals surface area contributed by atoms with Crippen LogP contribution in [0.4, 0.5) is 0 Å². The molecule has 0 radical (unpaired) electrons. The molecule has 2 atom stereocenters. The van der Waals surface area contributed by atoms with Gasteiger partial charge in [0, 0.05) is 6.04 Å². The van der Waals surface area contributed by atoms with E-state index in [0.717, 1.165) is 12.3 Å². The fourth-order valence-corrected chi connectivity index (χ4v) is 2.78. The van der Waals surface area contributed by atoms with E-state index < -0.39 is 0 Å². The molecule has 1 heteroatoms. The summed E-state index contributed by atoms with van der Waals surface area (Å²) in [5.41, 5.74) is 4.21. The van der Waals surface area contributed by atoms with Gasteiger partial charge >= 0.3 is 0 Å². The van der Waals surface area contributed by atoms with Crippen LogP contribution < -0.4 is 5.32 Å². The summed E-state index contributed by atoms with van der Waals surface area (Å²) in [5.74, 6) is 0.726. The molecular formula is C22H33N. The van der Waals surface area contributed by atoms with Crippen LogP contribution >= 0.6 is 0 Å². The Morgan fingerprint density at radius 2 is 1.91 bits per heavy atom. The van der Waals surface area contributed by atoms with Gasteiger partial charge in [-0.05, 0) is 57.2 Å². The van der Waals surface area contributed by atoms with Gasteiger partial charge in [0.25, 0.3) is 0 Å². The molecule has 0 aromatic heterocycles. The molecule has 0 bridgehead atoms. The Morgan fingerprint density at radius 3 is 2.48 bits per heavy atom. The van der Waals surface area contributed by atoms with Gasteiger partial charge in [-0.25, -0.2) is 0 Å². The predicted molar refractivity (Wildman–Crippen MR) is 104 cm³/mol. The van der Waals surface area contributed by atoms with Crippen molar-refractivity contribution in [2.24, 2.45) is 5.92 Å². The maximum atomic E-state index is 3.73. The van der Waals surface area contributed by atoms with E-state index in [9.17, 15) is 0 Å². The largest absolute Gasteiger partial charge is 0.313 e. The quantitative estimate of drug-likeness (QED) is 0.522. The summed E-state index contributed by atoms with van der Waals surface area (Å²) in [7, 11) is 2.00. The highest BCUT2D eigenvalue weighted by molar-refractivity contribution is 5.25. The van der Waals surface area contributed by atoms with E-state index in [0.29, 0.717) is 6.04 Å². The number of hydrogen-bond acceptors (Lipinski definition) is 1. The van der Waals surface area contributed by atoms with Crippen LogP contribution in [0.1, 0.15) is 57.2 Å². The summed E-state index contributed by atoms with van der Waals surface area (Å²) in [6.07, 6.45) is 13.1. The molecule has 126 valence electrons. The summed E-state index contributed by atoms with van der Waals surface area (Å²) in [6.45, 7) is 10.4. The molecule has 1 aromatic rings. The molecule has 0 heterocycles. The molecule has 1 rings (SSSR count). The first-order valence-corrected chi connectivity index (χ1v) is 8.81. The van der Waals surface area contributed by atoms with Crippen molar-refractivity contribution in [1.29, 1.82) is 0 Å². The summed E-state index contributed by atoms with van der Waals surface area (Å²) >= 11 is 0. The normalized spacial score (nSPS) is 14.9. The topological polar surface area (TPSA) is 12.0 Å². The molecule has 0 amide bonds. The Kier molecular flexibility index (Phi) is 9.31. The van der Waals surface area contributed by atoms with Crippen LogP contribution in [0.3, 0.4) is 0 Å². The van der Waals surface area contributed by atoms with Crippen molar-refractivity contribution in [1.82, 2.24) is 5.32 Å². The van der Waals surface area contributed by atoms with Gasteiger partial charge in [0.2, 0.25) is 0 Å². The van der Waals surface area contributed by atoms with Gasteiger partial charge in [-0.15, -0.1) is 0 Å². The smallest absolute Gasteiger partial charge is 0.0289 e. The van der Waals surface area contributed by atoms with Crippen molar-refractivity contribution in [2.45, 2.75) is 52.5 Å². The number of allylic oxidation sites excluding steroid dienone is 5. The third-order valence-electron chi connectivity index (χ3n) is 4.48. The van der Waals surface area contributed by atoms with Crippen LogP contribution in [0.5, 0.6) is 0 Å². The summed E-state index contributed by atoms with van der Waals surface area (Å²) < 4.78 is 0. The van der Waals surface area contributed by atoms with E-state index in [1.54, 1.807) is 0 Å². The Hall–Kier alpha value is -1.60. The molecule has 0 aliphatic rings. The predicted octanol–water partition coefficient (Wildman–Crippen LogP) is 6.00. The summed E-state index contributed by atoms with van der Waals surface area (Å²) in [5, 5.41) is 3.28. The highest BCUT2D eigenvalue weighted by Crippen LogP contribution is 2.19. The molecule has 2 unspecified atom stereocenters. The standard InChI is InChI=1S/C22H33N/c1-6-8-11-20(7-2)12-9-10-18(3)17-21-13-15-22(16-14-21)19(4)23-5/h6-8,11,13-16,18-19,23H,1,9-10,12,17H2,2-5H3/b11-8-,20-7+. The molecule has 0 saturated carbocycles. The zero-order valence-electron chi connectivity index (χ0n) is 15.3. The fraction of sp³-hybridized carbons (Fsp3) is 0.455. The van der Waals surface area contributed by atoms with Gasteiger partial charge in [-0.2, -0.15) is 0 Å². The average molecular weight is 312 g/mol. The number of hydrogen-bond donors (Lipinski definition) is 1. The van der Waals surface area contributed by atoms with Gasteiger partial charge < -0.3 is 5.32 Å². The van der Waals surface area contributed by atoms with Crippen molar-refractivity contribution in [2.75, 3.05) is 7.05 Å². The second-order valence-corrected chi connectivity index (χ2v) is 6.41. The lowest BCUT2D eigenvalue weighted by Crippen LogP contribution is -2.12. The molecule has 1 nitrogen and oxygen atoms in total. The van der Waals surface area contributed by atoms with Crippen molar-refractivity contribution in [3.8, 4) is 0 Å². The molecular weight excluding hydrogens is 278 g/mol. The minimum atomic E-state index is 0.421. The highest BCUT2D eigenvalue weighted by Gasteiger charge is 2.06. The minimum Gasteiger partial charge on any atom is -0.313 e. The lowest BCUT2D eigenvalue weighted by Gasteiger charge is -2.14. The fourth-order valence-electron chi connectivity index (χ4n) is 2.78. The molecule has 23 heavy (non-hydrogen) atoms. The van der Waals surface area contributed by atoms with Gasteiger partial charge in [0.1, 0.15) is 0 Å². The van der Waals surface area contributed by atoms with Crippen LogP contribution in [0.25, 0.3) is 0 Å². The summed E-state index contributed by atoms with van der Waals surface area (Å²) in [6, 6.07) is 9.49. The Labute approximate surface area is 143 Å². The van der Waals surface area contributed by atoms with Crippen molar-refractivity contribution < 1.29 is 0 Å². The summed E-state index contributed by atoms with van der Waals surface area (Å²) in [4.78, 5) is 0. The Balaban J connectivity index is 2.40. The molecule has 1 N–H and O–H groups in total. The zero-order chi connectivity index (χ0) is 17.1. The lowest BCUT2D eigenvalue weighted by molar-refractivity contribution is 0.508. The van der Waals surface area contributed by atoms with Crippen molar-refractivity contribution >= 4 is 0 Å². The second kappa shape index (κ2) is 11.0. The van der Waals surface area contributed by atoms with Crippen LogP contribution in [0.2, 0.25) is 0 Å². The molecule has 0 spiro atoms. The second-order valence-electron chi connectivity index (χ2n) is 6.41. The SMILES string of the molecule is C=C/C=C\C(=C/C)CCCC(C)Cc1ccc(C(C)NC)cc1. The van der Waals surface area contributed by atoms with Crippen LogP contribution in [-0.2, 0) is 6.42 Å². The van der Waals surface area contributed by atoms with Gasteiger partial charge in [0.05, 0.1) is 0 Å². The van der Waals surface area contributed by atoms with Gasteiger partial charge in [-0.3, -0.25) is 0 Å². The minimum absolute atomic E-state index is 0.421. The van der Waals surface area contributed by atoms with Gasteiger partial charge in [-0.1, -0.05) is 74.1 Å². The van der Waals surface area contributed by atoms with E-state index >= 15 is 0 Å². The lowest BCUT2D eigenvalue weighted by atomic mass is 9.93. The molecule has 0 aliphatic heterocycles. The van der Waals surface area contributed by atoms with Crippen LogP contribution in [0.15, 0.2) is 60.7 Å². The first-order chi connectivity index (χ1) is 11.1. The van der Waals surface area contributed by atoms with Crippen molar-refractivity contribution in [3.05, 3.63) is 71.8 Å². The number of rotatable bonds is 10. The van der Waals surface area contributed by atoms with Crippen molar-refractivity contribution in [3.63, 3.8) is 0 Å². The average Bonchev–Trinajstić information content (AvgIpc) is 2.57. The first kappa shape index (κ1) is 19.4. The van der Waals surface area contributed by atoms with E-state index in [1.165, 1.54) is 36.0 Å². The third-order valence-corrected chi connectivity index (χ3v) is 4.48. The van der Waals surface area contributed by atoms with Gasteiger partial charge in [0.15, 0.2) is 0 Å². The Morgan fingerprint density at radius 1 is 1.22 bits per heavy atom. The Bertz CT molecular complexity index is 507.